The second kappa shape index (κ2) is 7.17. The van der Waals surface area contributed by atoms with Crippen molar-refractivity contribution in [3.05, 3.63) is 40.8 Å². The van der Waals surface area contributed by atoms with Crippen molar-refractivity contribution in [2.45, 2.75) is 25.8 Å². The lowest BCUT2D eigenvalue weighted by molar-refractivity contribution is -0.113. The van der Waals surface area contributed by atoms with Crippen molar-refractivity contribution < 1.29 is 4.79 Å². The summed E-state index contributed by atoms with van der Waals surface area (Å²) in [4.78, 5) is 25.1. The van der Waals surface area contributed by atoms with E-state index in [-0.39, 0.29) is 11.7 Å². The molecule has 3 rings (SSSR count). The van der Waals surface area contributed by atoms with Crippen molar-refractivity contribution in [1.29, 1.82) is 5.26 Å². The number of anilines is 1. The lowest BCUT2D eigenvalue weighted by Gasteiger charge is -2.06. The van der Waals surface area contributed by atoms with Crippen LogP contribution < -0.4 is 5.32 Å². The smallest absolute Gasteiger partial charge is 0.236 e. The van der Waals surface area contributed by atoms with Gasteiger partial charge in [-0.2, -0.15) is 5.26 Å². The molecule has 8 heteroatoms. The average Bonchev–Trinajstić information content (AvgIpc) is 2.93. The number of amides is 1. The Kier molecular flexibility index (Phi) is 4.97. The van der Waals surface area contributed by atoms with Crippen LogP contribution in [0, 0.1) is 32.1 Å². The fourth-order valence-electron chi connectivity index (χ4n) is 2.29. The minimum absolute atomic E-state index is 0.152. The molecule has 0 spiro atoms. The van der Waals surface area contributed by atoms with Gasteiger partial charge >= 0.3 is 0 Å². The van der Waals surface area contributed by atoms with Gasteiger partial charge in [0.05, 0.1) is 21.7 Å². The number of thiazole rings is 1. The number of thioether (sulfide) groups is 1. The number of carbonyl (C=O) groups is 1. The molecule has 0 saturated carbocycles. The molecule has 2 aromatic heterocycles. The van der Waals surface area contributed by atoms with Gasteiger partial charge in [0.1, 0.15) is 22.5 Å². The first-order chi connectivity index (χ1) is 12.0. The molecule has 0 aliphatic carbocycles. The normalized spacial score (nSPS) is 10.6. The summed E-state index contributed by atoms with van der Waals surface area (Å²) in [6.45, 7) is 5.55. The van der Waals surface area contributed by atoms with Gasteiger partial charge in [-0.3, -0.25) is 4.79 Å². The number of nitriles is 1. The fraction of sp³-hybridized carbons (Fsp3) is 0.235. The Labute approximate surface area is 153 Å². The summed E-state index contributed by atoms with van der Waals surface area (Å²) in [7, 11) is 0. The summed E-state index contributed by atoms with van der Waals surface area (Å²) in [5, 5.41) is 13.2. The summed E-state index contributed by atoms with van der Waals surface area (Å²) >= 11 is 2.67. The summed E-state index contributed by atoms with van der Waals surface area (Å²) < 4.78 is 1.04. The van der Waals surface area contributed by atoms with E-state index in [2.05, 4.69) is 26.3 Å². The Morgan fingerprint density at radius 3 is 2.84 bits per heavy atom. The molecule has 0 aliphatic rings. The first-order valence-corrected chi connectivity index (χ1v) is 9.31. The highest BCUT2D eigenvalue weighted by Gasteiger charge is 2.14. The molecule has 0 unspecified atom stereocenters. The van der Waals surface area contributed by atoms with Gasteiger partial charge in [0.25, 0.3) is 0 Å². The van der Waals surface area contributed by atoms with Gasteiger partial charge in [0.15, 0.2) is 5.13 Å². The molecule has 3 aromatic rings. The molecular weight excluding hydrogens is 354 g/mol. The molecule has 25 heavy (non-hydrogen) atoms. The molecule has 0 atom stereocenters. The van der Waals surface area contributed by atoms with Crippen LogP contribution in [0.15, 0.2) is 23.2 Å². The maximum Gasteiger partial charge on any atom is 0.236 e. The van der Waals surface area contributed by atoms with Crippen LogP contribution in [0.4, 0.5) is 5.13 Å². The van der Waals surface area contributed by atoms with Crippen molar-refractivity contribution in [3.63, 3.8) is 0 Å². The number of fused-ring (bicyclic) bond motifs is 1. The second-order valence-electron chi connectivity index (χ2n) is 5.48. The number of nitrogens with zero attached hydrogens (tertiary/aromatic N) is 4. The van der Waals surface area contributed by atoms with E-state index in [1.807, 2.05) is 25.1 Å². The van der Waals surface area contributed by atoms with Crippen LogP contribution in [0.5, 0.6) is 0 Å². The van der Waals surface area contributed by atoms with Crippen LogP contribution >= 0.6 is 23.1 Å². The third-order valence-corrected chi connectivity index (χ3v) is 5.32. The SMILES string of the molecule is Cc1ccc2nc(NC(=O)CSc3nc(C)nc(C)c3C#N)sc2c1. The minimum atomic E-state index is -0.182. The van der Waals surface area contributed by atoms with Gasteiger partial charge in [-0.15, -0.1) is 0 Å². The van der Waals surface area contributed by atoms with E-state index in [1.54, 1.807) is 13.8 Å². The van der Waals surface area contributed by atoms with E-state index in [0.29, 0.717) is 27.2 Å². The summed E-state index contributed by atoms with van der Waals surface area (Å²) in [5.41, 5.74) is 3.06. The third kappa shape index (κ3) is 3.95. The molecule has 1 N–H and O–H groups in total. The maximum absolute atomic E-state index is 12.2. The first-order valence-electron chi connectivity index (χ1n) is 7.51. The number of aromatic nitrogens is 3. The predicted octanol–water partition coefficient (Wildman–Crippen LogP) is 3.61. The zero-order valence-corrected chi connectivity index (χ0v) is 15.6. The second-order valence-corrected chi connectivity index (χ2v) is 7.47. The summed E-state index contributed by atoms with van der Waals surface area (Å²) in [5.74, 6) is 0.555. The predicted molar refractivity (Wildman–Crippen MR) is 99.9 cm³/mol. The Morgan fingerprint density at radius 2 is 2.08 bits per heavy atom. The van der Waals surface area contributed by atoms with Crippen molar-refractivity contribution in [3.8, 4) is 6.07 Å². The number of benzene rings is 1. The van der Waals surface area contributed by atoms with Gasteiger partial charge < -0.3 is 5.32 Å². The van der Waals surface area contributed by atoms with Gasteiger partial charge in [-0.05, 0) is 38.5 Å². The number of rotatable bonds is 4. The van der Waals surface area contributed by atoms with Gasteiger partial charge in [0.2, 0.25) is 5.91 Å². The molecule has 0 fully saturated rings. The van der Waals surface area contributed by atoms with Crippen molar-refractivity contribution in [1.82, 2.24) is 15.0 Å². The number of hydrogen-bond acceptors (Lipinski definition) is 7. The number of hydrogen-bond donors (Lipinski definition) is 1. The molecule has 6 nitrogen and oxygen atoms in total. The summed E-state index contributed by atoms with van der Waals surface area (Å²) in [6.07, 6.45) is 0. The van der Waals surface area contributed by atoms with Crippen LogP contribution in [0.25, 0.3) is 10.2 Å². The molecule has 1 aromatic carbocycles. The highest BCUT2D eigenvalue weighted by molar-refractivity contribution is 8.00. The van der Waals surface area contributed by atoms with Gasteiger partial charge in [-0.1, -0.05) is 29.2 Å². The quantitative estimate of drug-likeness (QED) is 0.558. The lowest BCUT2D eigenvalue weighted by atomic mass is 10.2. The van der Waals surface area contributed by atoms with Crippen molar-refractivity contribution in [2.24, 2.45) is 0 Å². The van der Waals surface area contributed by atoms with E-state index >= 15 is 0 Å². The standard InChI is InChI=1S/C17H15N5OS2/c1-9-4-5-13-14(6-9)25-17(21-13)22-15(23)8-24-16-12(7-18)10(2)19-11(3)20-16/h4-6H,8H2,1-3H3,(H,21,22,23). The highest BCUT2D eigenvalue weighted by atomic mass is 32.2. The van der Waals surface area contributed by atoms with Crippen molar-refractivity contribution in [2.75, 3.05) is 11.1 Å². The number of carbonyl (C=O) groups excluding carboxylic acids is 1. The molecular formula is C17H15N5OS2. The van der Waals surface area contributed by atoms with E-state index in [4.69, 9.17) is 0 Å². The Morgan fingerprint density at radius 1 is 1.28 bits per heavy atom. The average molecular weight is 369 g/mol. The Hall–Kier alpha value is -2.50. The fourth-order valence-corrected chi connectivity index (χ4v) is 4.14. The largest absolute Gasteiger partial charge is 0.301 e. The monoisotopic (exact) mass is 369 g/mol. The van der Waals surface area contributed by atoms with Crippen LogP contribution in [0.3, 0.4) is 0 Å². The molecule has 0 bridgehead atoms. The third-order valence-electron chi connectivity index (χ3n) is 3.41. The maximum atomic E-state index is 12.2. The van der Waals surface area contributed by atoms with Crippen LogP contribution in [-0.2, 0) is 4.79 Å². The molecule has 0 aliphatic heterocycles. The molecule has 0 radical (unpaired) electrons. The minimum Gasteiger partial charge on any atom is -0.301 e. The van der Waals surface area contributed by atoms with Crippen LogP contribution in [0.2, 0.25) is 0 Å². The van der Waals surface area contributed by atoms with E-state index < -0.39 is 0 Å². The Bertz CT molecular complexity index is 1010. The number of aryl methyl sites for hydroxylation is 3. The van der Waals surface area contributed by atoms with Gasteiger partial charge in [0, 0.05) is 0 Å². The number of nitrogens with one attached hydrogen (secondary N) is 1. The molecule has 0 saturated heterocycles. The zero-order chi connectivity index (χ0) is 18.0. The lowest BCUT2D eigenvalue weighted by Crippen LogP contribution is -2.14. The van der Waals surface area contributed by atoms with E-state index in [1.165, 1.54) is 23.1 Å². The Balaban J connectivity index is 1.70. The van der Waals surface area contributed by atoms with E-state index in [9.17, 15) is 10.1 Å². The van der Waals surface area contributed by atoms with E-state index in [0.717, 1.165) is 15.8 Å². The molecule has 126 valence electrons. The summed E-state index contributed by atoms with van der Waals surface area (Å²) in [6, 6.07) is 8.08. The topological polar surface area (TPSA) is 91.6 Å². The van der Waals surface area contributed by atoms with Crippen molar-refractivity contribution >= 4 is 44.4 Å². The zero-order valence-electron chi connectivity index (χ0n) is 14.0. The molecule has 2 heterocycles. The van der Waals surface area contributed by atoms with Gasteiger partial charge in [-0.25, -0.2) is 15.0 Å². The first kappa shape index (κ1) is 17.3. The van der Waals surface area contributed by atoms with Crippen LogP contribution in [0.1, 0.15) is 22.6 Å². The molecule has 1 amide bonds. The highest BCUT2D eigenvalue weighted by Crippen LogP contribution is 2.27. The van der Waals surface area contributed by atoms with Crippen LogP contribution in [-0.4, -0.2) is 26.6 Å².